The molecule has 0 spiro atoms. The lowest BCUT2D eigenvalue weighted by Crippen LogP contribution is -2.02. The summed E-state index contributed by atoms with van der Waals surface area (Å²) in [5.41, 5.74) is 1.78. The Labute approximate surface area is 140 Å². The van der Waals surface area contributed by atoms with E-state index in [2.05, 4.69) is 9.72 Å². The number of pyridine rings is 1. The van der Waals surface area contributed by atoms with Crippen LogP contribution < -0.4 is 4.74 Å². The fourth-order valence-corrected chi connectivity index (χ4v) is 2.67. The predicted molar refractivity (Wildman–Crippen MR) is 83.6 cm³/mol. The normalized spacial score (nSPS) is 11.2. The number of carboxylic acids is 1. The maximum atomic E-state index is 13.8. The summed E-state index contributed by atoms with van der Waals surface area (Å²) in [6, 6.07) is 6.11. The lowest BCUT2D eigenvalue weighted by molar-refractivity contribution is -0.0499. The van der Waals surface area contributed by atoms with E-state index in [9.17, 15) is 18.0 Å². The fraction of sp³-hybridized carbons (Fsp3) is 0.176. The van der Waals surface area contributed by atoms with Gasteiger partial charge in [0.05, 0.1) is 17.0 Å². The average Bonchev–Trinajstić information content (AvgIpc) is 2.91. The molecule has 0 aliphatic heterocycles. The molecule has 2 heterocycles. The number of aromatic carboxylic acids is 1. The van der Waals surface area contributed by atoms with Crippen molar-refractivity contribution in [3.63, 3.8) is 0 Å². The van der Waals surface area contributed by atoms with Crippen molar-refractivity contribution in [2.45, 2.75) is 20.0 Å². The standard InChI is InChI=1S/C17H13F3N2O3/c1-2-13-15(10-5-11(18)8-12(6-10)25-17(19)20)21-14-7-9(16(23)24)3-4-22(13)14/h3-8,17H,2H2,1H3,(H,23,24). The highest BCUT2D eigenvalue weighted by atomic mass is 19.3. The third-order valence-electron chi connectivity index (χ3n) is 3.68. The number of nitrogens with zero attached hydrogens (tertiary/aromatic N) is 2. The van der Waals surface area contributed by atoms with Gasteiger partial charge in [0, 0.05) is 17.8 Å². The number of aromatic nitrogens is 2. The third kappa shape index (κ3) is 3.28. The quantitative estimate of drug-likeness (QED) is 0.755. The van der Waals surface area contributed by atoms with Gasteiger partial charge in [-0.2, -0.15) is 8.78 Å². The van der Waals surface area contributed by atoms with Crippen LogP contribution in [0.3, 0.4) is 0 Å². The zero-order valence-corrected chi connectivity index (χ0v) is 13.0. The Morgan fingerprint density at radius 3 is 2.72 bits per heavy atom. The first-order valence-electron chi connectivity index (χ1n) is 7.39. The van der Waals surface area contributed by atoms with Gasteiger partial charge in [0.25, 0.3) is 0 Å². The molecule has 0 bridgehead atoms. The largest absolute Gasteiger partial charge is 0.478 e. The molecule has 130 valence electrons. The summed E-state index contributed by atoms with van der Waals surface area (Å²) in [5, 5.41) is 9.08. The van der Waals surface area contributed by atoms with Gasteiger partial charge in [0.2, 0.25) is 0 Å². The Hall–Kier alpha value is -3.03. The number of fused-ring (bicyclic) bond motifs is 1. The minimum atomic E-state index is -3.07. The van der Waals surface area contributed by atoms with E-state index in [4.69, 9.17) is 5.11 Å². The van der Waals surface area contributed by atoms with Crippen molar-refractivity contribution in [2.75, 3.05) is 0 Å². The summed E-state index contributed by atoms with van der Waals surface area (Å²) < 4.78 is 44.5. The van der Waals surface area contributed by atoms with Gasteiger partial charge in [-0.05, 0) is 30.7 Å². The van der Waals surface area contributed by atoms with Crippen LogP contribution >= 0.6 is 0 Å². The monoisotopic (exact) mass is 350 g/mol. The van der Waals surface area contributed by atoms with Gasteiger partial charge in [0.15, 0.2) is 0 Å². The highest BCUT2D eigenvalue weighted by Crippen LogP contribution is 2.30. The van der Waals surface area contributed by atoms with E-state index in [0.29, 0.717) is 23.5 Å². The second kappa shape index (κ2) is 6.46. The number of aryl methyl sites for hydroxylation is 1. The van der Waals surface area contributed by atoms with Crippen molar-refractivity contribution in [3.8, 4) is 17.0 Å². The zero-order valence-electron chi connectivity index (χ0n) is 13.0. The second-order valence-corrected chi connectivity index (χ2v) is 5.26. The number of alkyl halides is 2. The molecule has 0 fully saturated rings. The van der Waals surface area contributed by atoms with Crippen LogP contribution in [0.1, 0.15) is 23.0 Å². The minimum Gasteiger partial charge on any atom is -0.478 e. The molecule has 0 saturated heterocycles. The van der Waals surface area contributed by atoms with Gasteiger partial charge in [-0.3, -0.25) is 0 Å². The van der Waals surface area contributed by atoms with Gasteiger partial charge >= 0.3 is 12.6 Å². The Balaban J connectivity index is 2.17. The second-order valence-electron chi connectivity index (χ2n) is 5.26. The predicted octanol–water partition coefficient (Wildman–Crippen LogP) is 4.00. The molecule has 8 heteroatoms. The van der Waals surface area contributed by atoms with Crippen LogP contribution in [0.2, 0.25) is 0 Å². The van der Waals surface area contributed by atoms with Crippen LogP contribution in [-0.4, -0.2) is 27.1 Å². The van der Waals surface area contributed by atoms with Crippen LogP contribution in [-0.2, 0) is 6.42 Å². The zero-order chi connectivity index (χ0) is 18.1. The molecule has 0 atom stereocenters. The molecule has 0 aliphatic carbocycles. The van der Waals surface area contributed by atoms with Gasteiger partial charge in [-0.25, -0.2) is 14.2 Å². The van der Waals surface area contributed by atoms with Crippen LogP contribution in [0.4, 0.5) is 13.2 Å². The Morgan fingerprint density at radius 1 is 1.32 bits per heavy atom. The Bertz CT molecular complexity index is 954. The van der Waals surface area contributed by atoms with Crippen LogP contribution in [0.5, 0.6) is 5.75 Å². The molecule has 0 radical (unpaired) electrons. The molecule has 1 N–H and O–H groups in total. The molecule has 0 amide bonds. The summed E-state index contributed by atoms with van der Waals surface area (Å²) in [4.78, 5) is 15.4. The van der Waals surface area contributed by atoms with Crippen molar-refractivity contribution < 1.29 is 27.8 Å². The summed E-state index contributed by atoms with van der Waals surface area (Å²) in [5.74, 6) is -2.14. The number of ether oxygens (including phenoxy) is 1. The molecule has 2 aromatic heterocycles. The summed E-state index contributed by atoms with van der Waals surface area (Å²) in [6.07, 6.45) is 2.08. The number of imidazole rings is 1. The van der Waals surface area contributed by atoms with Crippen molar-refractivity contribution >= 4 is 11.6 Å². The van der Waals surface area contributed by atoms with E-state index in [0.717, 1.165) is 12.1 Å². The van der Waals surface area contributed by atoms with Gasteiger partial charge in [-0.1, -0.05) is 6.92 Å². The maximum Gasteiger partial charge on any atom is 0.387 e. The molecular formula is C17H13F3N2O3. The van der Waals surface area contributed by atoms with Crippen molar-refractivity contribution in [1.82, 2.24) is 9.38 Å². The first-order valence-corrected chi connectivity index (χ1v) is 7.39. The van der Waals surface area contributed by atoms with E-state index >= 15 is 0 Å². The van der Waals surface area contributed by atoms with Gasteiger partial charge < -0.3 is 14.2 Å². The van der Waals surface area contributed by atoms with E-state index in [1.807, 2.05) is 6.92 Å². The van der Waals surface area contributed by atoms with Crippen molar-refractivity contribution in [3.05, 3.63) is 53.6 Å². The summed E-state index contributed by atoms with van der Waals surface area (Å²) in [6.45, 7) is -1.21. The minimum absolute atomic E-state index is 0.0627. The molecule has 0 unspecified atom stereocenters. The first kappa shape index (κ1) is 16.8. The summed E-state index contributed by atoms with van der Waals surface area (Å²) in [7, 11) is 0. The molecule has 3 aromatic rings. The van der Waals surface area contributed by atoms with Gasteiger partial charge in [-0.15, -0.1) is 0 Å². The van der Waals surface area contributed by atoms with Crippen molar-refractivity contribution in [1.29, 1.82) is 0 Å². The Kier molecular flexibility index (Phi) is 4.35. The number of rotatable bonds is 5. The number of hydrogen-bond donors (Lipinski definition) is 1. The highest BCUT2D eigenvalue weighted by molar-refractivity contribution is 5.89. The van der Waals surface area contributed by atoms with E-state index in [1.165, 1.54) is 18.2 Å². The summed E-state index contributed by atoms with van der Waals surface area (Å²) >= 11 is 0. The SMILES string of the molecule is CCc1c(-c2cc(F)cc(OC(F)F)c2)nc2cc(C(=O)O)ccn12. The van der Waals surface area contributed by atoms with E-state index in [1.54, 1.807) is 10.6 Å². The number of carboxylic acid groups (broad SMARTS) is 1. The number of carbonyl (C=O) groups is 1. The molecular weight excluding hydrogens is 337 g/mol. The number of halogens is 3. The molecule has 0 aliphatic rings. The number of benzene rings is 1. The molecule has 0 saturated carbocycles. The molecule has 5 nitrogen and oxygen atoms in total. The molecule has 25 heavy (non-hydrogen) atoms. The number of hydrogen-bond acceptors (Lipinski definition) is 3. The van der Waals surface area contributed by atoms with Crippen LogP contribution in [0.25, 0.3) is 16.9 Å². The van der Waals surface area contributed by atoms with Crippen LogP contribution in [0.15, 0.2) is 36.5 Å². The van der Waals surface area contributed by atoms with E-state index in [-0.39, 0.29) is 16.9 Å². The maximum absolute atomic E-state index is 13.8. The smallest absolute Gasteiger partial charge is 0.387 e. The van der Waals surface area contributed by atoms with Gasteiger partial charge in [0.1, 0.15) is 17.2 Å². The third-order valence-corrected chi connectivity index (χ3v) is 3.68. The topological polar surface area (TPSA) is 63.8 Å². The van der Waals surface area contributed by atoms with Crippen LogP contribution in [0, 0.1) is 5.82 Å². The van der Waals surface area contributed by atoms with E-state index < -0.39 is 18.4 Å². The fourth-order valence-electron chi connectivity index (χ4n) is 2.67. The lowest BCUT2D eigenvalue weighted by atomic mass is 10.1. The lowest BCUT2D eigenvalue weighted by Gasteiger charge is -2.07. The highest BCUT2D eigenvalue weighted by Gasteiger charge is 2.17. The first-order chi connectivity index (χ1) is 11.9. The average molecular weight is 350 g/mol. The Morgan fingerprint density at radius 2 is 2.08 bits per heavy atom. The molecule has 1 aromatic carbocycles. The molecule has 3 rings (SSSR count). The van der Waals surface area contributed by atoms with Crippen molar-refractivity contribution in [2.24, 2.45) is 0 Å².